The minimum absolute atomic E-state index is 0.126. The lowest BCUT2D eigenvalue weighted by molar-refractivity contribution is -0.0941. The first-order valence-electron chi connectivity index (χ1n) is 7.56. The minimum Gasteiger partial charge on any atom is -0.496 e. The van der Waals surface area contributed by atoms with Crippen LogP contribution in [0.5, 0.6) is 5.75 Å². The van der Waals surface area contributed by atoms with Gasteiger partial charge in [0.05, 0.1) is 19.8 Å². The molecule has 2 bridgehead atoms. The van der Waals surface area contributed by atoms with Crippen molar-refractivity contribution in [3.05, 3.63) is 41.5 Å². The van der Waals surface area contributed by atoms with Crippen molar-refractivity contribution in [1.82, 2.24) is 0 Å². The molecule has 2 aliphatic rings. The molecule has 0 unspecified atom stereocenters. The van der Waals surface area contributed by atoms with E-state index in [4.69, 9.17) is 9.47 Å². The minimum atomic E-state index is 0.126. The van der Waals surface area contributed by atoms with Crippen molar-refractivity contribution in [2.75, 3.05) is 13.7 Å². The lowest BCUT2D eigenvalue weighted by Crippen LogP contribution is -2.42. The van der Waals surface area contributed by atoms with Crippen LogP contribution < -0.4 is 4.74 Å². The van der Waals surface area contributed by atoms with Crippen LogP contribution in [0.1, 0.15) is 32.4 Å². The van der Waals surface area contributed by atoms with Gasteiger partial charge in [-0.3, -0.25) is 0 Å². The summed E-state index contributed by atoms with van der Waals surface area (Å²) in [5, 5.41) is 0. The fourth-order valence-electron chi connectivity index (χ4n) is 4.13. The number of rotatable bonds is 2. The fourth-order valence-corrected chi connectivity index (χ4v) is 4.13. The topological polar surface area (TPSA) is 18.5 Å². The van der Waals surface area contributed by atoms with Crippen LogP contribution in [-0.2, 0) is 4.74 Å². The number of fused-ring (bicyclic) bond motifs is 2. The zero-order valence-corrected chi connectivity index (χ0v) is 12.8. The Morgan fingerprint density at radius 1 is 1.20 bits per heavy atom. The number of hydrogen-bond donors (Lipinski definition) is 0. The summed E-state index contributed by atoms with van der Waals surface area (Å²) in [7, 11) is 1.74. The average molecular weight is 272 g/mol. The van der Waals surface area contributed by atoms with E-state index < -0.39 is 0 Å². The molecule has 2 nitrogen and oxygen atoms in total. The van der Waals surface area contributed by atoms with Crippen molar-refractivity contribution in [3.8, 4) is 5.75 Å². The first kappa shape index (κ1) is 13.7. The third kappa shape index (κ3) is 2.07. The first-order chi connectivity index (χ1) is 9.63. The summed E-state index contributed by atoms with van der Waals surface area (Å²) in [6.45, 7) is 7.80. The summed E-state index contributed by atoms with van der Waals surface area (Å²) in [6, 6.07) is 8.26. The van der Waals surface area contributed by atoms with Crippen molar-refractivity contribution in [2.24, 2.45) is 23.7 Å². The molecule has 2 heteroatoms. The van der Waals surface area contributed by atoms with Crippen LogP contribution in [-0.4, -0.2) is 13.7 Å². The Bertz CT molecular complexity index is 520. The molecule has 0 N–H and O–H groups in total. The second kappa shape index (κ2) is 5.25. The molecule has 1 aliphatic carbocycles. The molecule has 0 radical (unpaired) electrons. The van der Waals surface area contributed by atoms with Gasteiger partial charge in [0, 0.05) is 11.5 Å². The second-order valence-corrected chi connectivity index (χ2v) is 6.31. The van der Waals surface area contributed by atoms with Crippen LogP contribution >= 0.6 is 0 Å². The van der Waals surface area contributed by atoms with Crippen LogP contribution in [0.4, 0.5) is 0 Å². The van der Waals surface area contributed by atoms with Gasteiger partial charge >= 0.3 is 0 Å². The van der Waals surface area contributed by atoms with E-state index in [0.29, 0.717) is 23.7 Å². The smallest absolute Gasteiger partial charge is 0.124 e. The zero-order valence-electron chi connectivity index (χ0n) is 12.8. The van der Waals surface area contributed by atoms with Crippen molar-refractivity contribution in [3.63, 3.8) is 0 Å². The van der Waals surface area contributed by atoms with E-state index in [2.05, 4.69) is 39.0 Å². The molecule has 20 heavy (non-hydrogen) atoms. The molecule has 1 fully saturated rings. The van der Waals surface area contributed by atoms with E-state index in [1.807, 2.05) is 12.1 Å². The molecule has 0 spiro atoms. The van der Waals surface area contributed by atoms with Gasteiger partial charge in [-0.2, -0.15) is 0 Å². The molecule has 1 aromatic rings. The highest BCUT2D eigenvalue weighted by Gasteiger charge is 2.44. The maximum absolute atomic E-state index is 6.26. The highest BCUT2D eigenvalue weighted by atomic mass is 16.5. The number of benzene rings is 1. The molecule has 1 heterocycles. The maximum atomic E-state index is 6.26. The Morgan fingerprint density at radius 3 is 2.70 bits per heavy atom. The molecule has 5 atom stereocenters. The Labute approximate surface area is 121 Å². The highest BCUT2D eigenvalue weighted by molar-refractivity contribution is 5.37. The Balaban J connectivity index is 2.01. The molecule has 1 saturated heterocycles. The molecule has 0 aromatic heterocycles. The number of allylic oxidation sites excluding steroid dienone is 1. The summed E-state index contributed by atoms with van der Waals surface area (Å²) in [5.41, 5.74) is 2.66. The van der Waals surface area contributed by atoms with E-state index >= 15 is 0 Å². The maximum Gasteiger partial charge on any atom is 0.124 e. The molecule has 1 aliphatic heterocycles. The number of methoxy groups -OCH3 is 1. The van der Waals surface area contributed by atoms with Crippen molar-refractivity contribution >= 4 is 0 Å². The van der Waals surface area contributed by atoms with Crippen LogP contribution in [0, 0.1) is 23.7 Å². The number of ether oxygens (including phenoxy) is 2. The van der Waals surface area contributed by atoms with E-state index in [9.17, 15) is 0 Å². The van der Waals surface area contributed by atoms with Crippen molar-refractivity contribution < 1.29 is 9.47 Å². The van der Waals surface area contributed by atoms with Gasteiger partial charge in [-0.1, -0.05) is 43.7 Å². The normalized spacial score (nSPS) is 36.4. The van der Waals surface area contributed by atoms with Crippen LogP contribution in [0.2, 0.25) is 0 Å². The molecule has 108 valence electrons. The number of para-hydroxylation sites is 1. The lowest BCUT2D eigenvalue weighted by atomic mass is 9.64. The molecule has 1 aromatic carbocycles. The molecule has 0 saturated carbocycles. The van der Waals surface area contributed by atoms with Gasteiger partial charge in [0.15, 0.2) is 0 Å². The van der Waals surface area contributed by atoms with Gasteiger partial charge < -0.3 is 9.47 Å². The lowest BCUT2D eigenvalue weighted by Gasteiger charge is -2.47. The van der Waals surface area contributed by atoms with E-state index in [-0.39, 0.29) is 6.10 Å². The van der Waals surface area contributed by atoms with Crippen LogP contribution in [0.25, 0.3) is 0 Å². The van der Waals surface area contributed by atoms with Crippen LogP contribution in [0.15, 0.2) is 35.9 Å². The predicted octanol–water partition coefficient (Wildman–Crippen LogP) is 4.23. The van der Waals surface area contributed by atoms with Crippen molar-refractivity contribution in [2.45, 2.75) is 26.9 Å². The third-order valence-corrected chi connectivity index (χ3v) is 5.21. The Kier molecular flexibility index (Phi) is 3.59. The second-order valence-electron chi connectivity index (χ2n) is 6.31. The third-order valence-electron chi connectivity index (χ3n) is 5.21. The van der Waals surface area contributed by atoms with Crippen molar-refractivity contribution in [1.29, 1.82) is 0 Å². The summed E-state index contributed by atoms with van der Waals surface area (Å²) < 4.78 is 11.8. The number of hydrogen-bond acceptors (Lipinski definition) is 2. The summed E-state index contributed by atoms with van der Waals surface area (Å²) in [4.78, 5) is 0. The van der Waals surface area contributed by atoms with E-state index in [0.717, 1.165) is 12.4 Å². The van der Waals surface area contributed by atoms with Gasteiger partial charge in [0.2, 0.25) is 0 Å². The summed E-state index contributed by atoms with van der Waals surface area (Å²) >= 11 is 0. The zero-order chi connectivity index (χ0) is 14.3. The Morgan fingerprint density at radius 2 is 1.95 bits per heavy atom. The highest BCUT2D eigenvalue weighted by Crippen LogP contribution is 2.50. The largest absolute Gasteiger partial charge is 0.496 e. The quantitative estimate of drug-likeness (QED) is 0.750. The molecular formula is C18H24O2. The standard InChI is InChI=1S/C18H24O2/c1-11-9-12(2)17-13(3)15(11)10-20-18(17)14-7-5-6-8-16(14)19-4/h5-9,11,13,15,17-18H,10H2,1-4H3/t11-,13+,15-,17+,18+/m0/s1. The molecule has 3 rings (SSSR count). The Hall–Kier alpha value is -1.28. The van der Waals surface area contributed by atoms with Crippen LogP contribution in [0.3, 0.4) is 0 Å². The molecule has 0 amide bonds. The SMILES string of the molecule is COc1ccccc1[C@H]1OC[C@@H]2[C@@H](C)[C@H]1C(C)=C[C@@H]2C. The van der Waals surface area contributed by atoms with Gasteiger partial charge in [0.1, 0.15) is 5.75 Å². The van der Waals surface area contributed by atoms with Gasteiger partial charge in [-0.05, 0) is 30.7 Å². The average Bonchev–Trinajstić information content (AvgIpc) is 2.44. The predicted molar refractivity (Wildman–Crippen MR) is 80.8 cm³/mol. The summed E-state index contributed by atoms with van der Waals surface area (Å²) in [5.74, 6) is 3.35. The van der Waals surface area contributed by atoms with E-state index in [1.165, 1.54) is 11.1 Å². The van der Waals surface area contributed by atoms with Gasteiger partial charge in [-0.15, -0.1) is 0 Å². The van der Waals surface area contributed by atoms with Gasteiger partial charge in [-0.25, -0.2) is 0 Å². The van der Waals surface area contributed by atoms with E-state index in [1.54, 1.807) is 7.11 Å². The first-order valence-corrected chi connectivity index (χ1v) is 7.56. The van der Waals surface area contributed by atoms with Gasteiger partial charge in [0.25, 0.3) is 0 Å². The molecular weight excluding hydrogens is 248 g/mol. The monoisotopic (exact) mass is 272 g/mol. The fraction of sp³-hybridized carbons (Fsp3) is 0.556. The summed E-state index contributed by atoms with van der Waals surface area (Å²) in [6.07, 6.45) is 2.57.